The number of esters is 1. The Morgan fingerprint density at radius 3 is 2.65 bits per heavy atom. The largest absolute Gasteiger partial charge is 0.441 e. The quantitative estimate of drug-likeness (QED) is 0.279. The number of hydrogen-bond acceptors (Lipinski definition) is 8. The number of nitro benzene ring substituents is 1. The Morgan fingerprint density at radius 2 is 1.92 bits per heavy atom. The topological polar surface area (TPSA) is 117 Å². The summed E-state index contributed by atoms with van der Waals surface area (Å²) in [4.78, 5) is 34.8. The van der Waals surface area contributed by atoms with Crippen LogP contribution >= 0.6 is 11.8 Å². The fourth-order valence-corrected chi connectivity index (χ4v) is 2.79. The number of aromatic nitrogens is 3. The molecule has 1 heterocycles. The van der Waals surface area contributed by atoms with Crippen molar-refractivity contribution >= 4 is 34.3 Å². The van der Waals surface area contributed by atoms with E-state index in [1.807, 2.05) is 0 Å². The first-order chi connectivity index (χ1) is 12.5. The van der Waals surface area contributed by atoms with E-state index in [1.165, 1.54) is 23.9 Å². The minimum Gasteiger partial charge on any atom is -0.441 e. The molecule has 0 unspecified atom stereocenters. The van der Waals surface area contributed by atoms with Gasteiger partial charge in [-0.2, -0.15) is 4.68 Å². The number of benzene rings is 2. The van der Waals surface area contributed by atoms with Gasteiger partial charge in [0, 0.05) is 17.0 Å². The van der Waals surface area contributed by atoms with E-state index in [0.717, 1.165) is 4.68 Å². The van der Waals surface area contributed by atoms with Crippen molar-refractivity contribution in [3.8, 4) is 0 Å². The van der Waals surface area contributed by atoms with Crippen molar-refractivity contribution in [2.45, 2.75) is 11.6 Å². The molecule has 0 N–H and O–H groups in total. The predicted molar refractivity (Wildman–Crippen MR) is 93.7 cm³/mol. The molecular formula is C16H12N4O5S. The Morgan fingerprint density at radius 1 is 1.19 bits per heavy atom. The highest BCUT2D eigenvalue weighted by Gasteiger charge is 2.10. The van der Waals surface area contributed by atoms with Gasteiger partial charge in [0.15, 0.2) is 6.73 Å². The van der Waals surface area contributed by atoms with Crippen molar-refractivity contribution in [3.05, 3.63) is 69.0 Å². The zero-order valence-corrected chi connectivity index (χ0v) is 14.1. The normalized spacial score (nSPS) is 10.6. The summed E-state index contributed by atoms with van der Waals surface area (Å²) in [5, 5.41) is 18.6. The molecule has 0 saturated carbocycles. The van der Waals surface area contributed by atoms with Gasteiger partial charge in [-0.15, -0.1) is 16.9 Å². The zero-order valence-electron chi connectivity index (χ0n) is 13.3. The molecule has 26 heavy (non-hydrogen) atoms. The first-order valence-electron chi connectivity index (χ1n) is 7.40. The molecule has 0 aliphatic carbocycles. The van der Waals surface area contributed by atoms with E-state index >= 15 is 0 Å². The molecule has 0 saturated heterocycles. The van der Waals surface area contributed by atoms with Crippen molar-refractivity contribution in [1.29, 1.82) is 0 Å². The fraction of sp³-hybridized carbons (Fsp3) is 0.125. The maximum atomic E-state index is 12.2. The second-order valence-electron chi connectivity index (χ2n) is 5.10. The molecule has 2 aromatic carbocycles. The van der Waals surface area contributed by atoms with Gasteiger partial charge in [-0.1, -0.05) is 17.3 Å². The van der Waals surface area contributed by atoms with Crippen LogP contribution in [0.1, 0.15) is 0 Å². The summed E-state index contributed by atoms with van der Waals surface area (Å²) >= 11 is 1.17. The van der Waals surface area contributed by atoms with Gasteiger partial charge in [0.2, 0.25) is 0 Å². The molecule has 0 fully saturated rings. The van der Waals surface area contributed by atoms with Crippen molar-refractivity contribution in [2.75, 3.05) is 5.75 Å². The number of hydrogen-bond donors (Lipinski definition) is 0. The molecule has 0 radical (unpaired) electrons. The Labute approximate surface area is 150 Å². The molecule has 1 aromatic heterocycles. The number of ether oxygens (including phenoxy) is 1. The Balaban J connectivity index is 1.56. The van der Waals surface area contributed by atoms with Gasteiger partial charge in [-0.3, -0.25) is 19.7 Å². The molecule has 10 heteroatoms. The number of nitro groups is 1. The summed E-state index contributed by atoms with van der Waals surface area (Å²) < 4.78 is 6.00. The van der Waals surface area contributed by atoms with Crippen LogP contribution in [0.5, 0.6) is 0 Å². The van der Waals surface area contributed by atoms with Crippen LogP contribution in [0.3, 0.4) is 0 Å². The third-order valence-electron chi connectivity index (χ3n) is 3.38. The van der Waals surface area contributed by atoms with Crippen LogP contribution in [-0.2, 0) is 16.3 Å². The van der Waals surface area contributed by atoms with Crippen molar-refractivity contribution in [3.63, 3.8) is 0 Å². The van der Waals surface area contributed by atoms with Crippen LogP contribution in [0.4, 0.5) is 5.69 Å². The lowest BCUT2D eigenvalue weighted by Crippen LogP contribution is -2.26. The molecule has 9 nitrogen and oxygen atoms in total. The molecule has 0 amide bonds. The van der Waals surface area contributed by atoms with E-state index in [1.54, 1.807) is 36.4 Å². The van der Waals surface area contributed by atoms with Crippen molar-refractivity contribution in [1.82, 2.24) is 15.0 Å². The average molecular weight is 372 g/mol. The Bertz CT molecular complexity index is 1020. The zero-order chi connectivity index (χ0) is 18.5. The molecule has 132 valence electrons. The van der Waals surface area contributed by atoms with Gasteiger partial charge in [-0.05, 0) is 24.3 Å². The van der Waals surface area contributed by atoms with E-state index in [2.05, 4.69) is 10.3 Å². The summed E-state index contributed by atoms with van der Waals surface area (Å²) in [6.07, 6.45) is 0. The number of non-ortho nitro benzene ring substituents is 1. The maximum Gasteiger partial charge on any atom is 0.318 e. The number of thioether (sulfide) groups is 1. The van der Waals surface area contributed by atoms with Gasteiger partial charge < -0.3 is 4.74 Å². The number of rotatable bonds is 6. The van der Waals surface area contributed by atoms with E-state index in [-0.39, 0.29) is 18.2 Å². The Hall–Kier alpha value is -3.27. The van der Waals surface area contributed by atoms with E-state index < -0.39 is 16.5 Å². The molecule has 0 atom stereocenters. The number of carbonyl (C=O) groups excluding carboxylic acids is 1. The smallest absolute Gasteiger partial charge is 0.318 e. The highest BCUT2D eigenvalue weighted by molar-refractivity contribution is 8.00. The molecule has 0 spiro atoms. The van der Waals surface area contributed by atoms with Crippen molar-refractivity contribution in [2.24, 2.45) is 0 Å². The lowest BCUT2D eigenvalue weighted by Gasteiger charge is -2.06. The molecule has 0 bridgehead atoms. The van der Waals surface area contributed by atoms with Gasteiger partial charge in [0.25, 0.3) is 11.2 Å². The van der Waals surface area contributed by atoms with E-state index in [9.17, 15) is 19.7 Å². The summed E-state index contributed by atoms with van der Waals surface area (Å²) in [6.45, 7) is -0.337. The molecule has 3 aromatic rings. The predicted octanol–water partition coefficient (Wildman–Crippen LogP) is 1.99. The third-order valence-corrected chi connectivity index (χ3v) is 4.37. The summed E-state index contributed by atoms with van der Waals surface area (Å²) in [6, 6.07) is 12.6. The second kappa shape index (κ2) is 7.74. The minimum absolute atomic E-state index is 0.00638. The lowest BCUT2D eigenvalue weighted by molar-refractivity contribution is -0.384. The first-order valence-corrected chi connectivity index (χ1v) is 8.38. The molecular weight excluding hydrogens is 360 g/mol. The van der Waals surface area contributed by atoms with Gasteiger partial charge in [0.05, 0.1) is 16.1 Å². The molecule has 3 rings (SSSR count). The fourth-order valence-electron chi connectivity index (χ4n) is 2.09. The SMILES string of the molecule is O=C(CSc1ccc([N+](=O)[O-])cc1)OCn1nnc2ccccc2c1=O. The van der Waals surface area contributed by atoms with Crippen LogP contribution < -0.4 is 5.56 Å². The van der Waals surface area contributed by atoms with Gasteiger partial charge >= 0.3 is 5.97 Å². The number of carbonyl (C=O) groups is 1. The highest BCUT2D eigenvalue weighted by Crippen LogP contribution is 2.21. The van der Waals surface area contributed by atoms with Gasteiger partial charge in [-0.25, -0.2) is 0 Å². The third kappa shape index (κ3) is 4.03. The van der Waals surface area contributed by atoms with E-state index in [0.29, 0.717) is 15.8 Å². The molecule has 0 aliphatic heterocycles. The summed E-state index contributed by atoms with van der Waals surface area (Å²) in [5.74, 6) is -0.552. The summed E-state index contributed by atoms with van der Waals surface area (Å²) in [5.41, 5.74) is 0.0476. The van der Waals surface area contributed by atoms with Crippen LogP contribution in [-0.4, -0.2) is 31.6 Å². The van der Waals surface area contributed by atoms with Crippen LogP contribution in [0.25, 0.3) is 10.9 Å². The van der Waals surface area contributed by atoms with Crippen LogP contribution in [0.2, 0.25) is 0 Å². The summed E-state index contributed by atoms with van der Waals surface area (Å²) in [7, 11) is 0. The standard InChI is InChI=1S/C16H12N4O5S/c21-15(9-26-12-7-5-11(6-8-12)20(23)24)25-10-19-16(22)13-3-1-2-4-14(13)17-18-19/h1-8H,9-10H2. The Kier molecular flexibility index (Phi) is 5.23. The maximum absolute atomic E-state index is 12.2. The average Bonchev–Trinajstić information content (AvgIpc) is 2.66. The second-order valence-corrected chi connectivity index (χ2v) is 6.15. The van der Waals surface area contributed by atoms with Crippen LogP contribution in [0.15, 0.2) is 58.2 Å². The van der Waals surface area contributed by atoms with Crippen LogP contribution in [0, 0.1) is 10.1 Å². The number of nitrogens with zero attached hydrogens (tertiary/aromatic N) is 4. The van der Waals surface area contributed by atoms with Crippen molar-refractivity contribution < 1.29 is 14.5 Å². The number of fused-ring (bicyclic) bond motifs is 1. The monoisotopic (exact) mass is 372 g/mol. The van der Waals surface area contributed by atoms with Gasteiger partial charge in [0.1, 0.15) is 5.52 Å². The minimum atomic E-state index is -0.546. The highest BCUT2D eigenvalue weighted by atomic mass is 32.2. The lowest BCUT2D eigenvalue weighted by atomic mass is 10.2. The molecule has 0 aliphatic rings. The first kappa shape index (κ1) is 17.5. The van der Waals surface area contributed by atoms with E-state index in [4.69, 9.17) is 4.74 Å².